The summed E-state index contributed by atoms with van der Waals surface area (Å²) in [5, 5.41) is 13.9. The van der Waals surface area contributed by atoms with Crippen molar-refractivity contribution >= 4 is 6.03 Å². The van der Waals surface area contributed by atoms with Gasteiger partial charge in [-0.3, -0.25) is 0 Å². The van der Waals surface area contributed by atoms with Crippen LogP contribution in [0.3, 0.4) is 0 Å². The normalized spacial score (nSPS) is 27.8. The van der Waals surface area contributed by atoms with E-state index in [1.54, 1.807) is 4.90 Å². The fraction of sp³-hybridized carbons (Fsp3) is 0.545. The van der Waals surface area contributed by atoms with Gasteiger partial charge in [-0.15, -0.1) is 0 Å². The summed E-state index contributed by atoms with van der Waals surface area (Å²) in [5.74, 6) is 0.152. The van der Waals surface area contributed by atoms with Crippen molar-refractivity contribution in [3.05, 3.63) is 42.4 Å². The number of aliphatic hydroxyl groups excluding tert-OH is 1. The Kier molecular flexibility index (Phi) is 4.38. The molecule has 1 saturated heterocycles. The Morgan fingerprint density at radius 3 is 2.86 bits per heavy atom. The van der Waals surface area contributed by atoms with E-state index in [-0.39, 0.29) is 30.0 Å². The van der Waals surface area contributed by atoms with E-state index in [1.165, 1.54) is 18.1 Å². The van der Waals surface area contributed by atoms with Crippen LogP contribution in [0.1, 0.15) is 37.8 Å². The zero-order chi connectivity index (χ0) is 20.2. The maximum absolute atomic E-state index is 13.0. The molecule has 2 fully saturated rings. The van der Waals surface area contributed by atoms with Gasteiger partial charge in [0.05, 0.1) is 36.9 Å². The molecule has 4 atom stereocenters. The number of fused-ring (bicyclic) bond motifs is 3. The molecule has 2 aliphatic heterocycles. The molecule has 1 spiro atoms. The lowest BCUT2D eigenvalue weighted by Crippen LogP contribution is -2.60. The SMILES string of the molecule is CC(F)CNC(=O)N1CCC2(CC1)C[C@@H]([C@H]1c3ccccc3-c3cncn31)[C@H]2O. The quantitative estimate of drug-likeness (QED) is 0.835. The van der Waals surface area contributed by atoms with Gasteiger partial charge in [0.2, 0.25) is 0 Å². The third-order valence-corrected chi connectivity index (χ3v) is 7.18. The number of hydrogen-bond donors (Lipinski definition) is 2. The number of amides is 2. The average molecular weight is 398 g/mol. The van der Waals surface area contributed by atoms with Gasteiger partial charge in [0.25, 0.3) is 0 Å². The highest BCUT2D eigenvalue weighted by Crippen LogP contribution is 2.59. The Morgan fingerprint density at radius 1 is 1.38 bits per heavy atom. The molecular formula is C22H27FN4O2. The second kappa shape index (κ2) is 6.83. The number of nitrogens with one attached hydrogen (secondary N) is 1. The number of imidazole rings is 1. The van der Waals surface area contributed by atoms with Crippen LogP contribution in [-0.4, -0.2) is 57.5 Å². The van der Waals surface area contributed by atoms with Crippen LogP contribution < -0.4 is 5.32 Å². The van der Waals surface area contributed by atoms with E-state index in [0.29, 0.717) is 13.1 Å². The van der Waals surface area contributed by atoms with Crippen molar-refractivity contribution in [2.45, 2.75) is 44.5 Å². The van der Waals surface area contributed by atoms with Crippen LogP contribution in [0, 0.1) is 11.3 Å². The van der Waals surface area contributed by atoms with Crippen LogP contribution >= 0.6 is 0 Å². The monoisotopic (exact) mass is 398 g/mol. The minimum absolute atomic E-state index is 0.0412. The Labute approximate surface area is 169 Å². The summed E-state index contributed by atoms with van der Waals surface area (Å²) in [6.45, 7) is 2.68. The van der Waals surface area contributed by atoms with E-state index in [0.717, 1.165) is 25.0 Å². The lowest BCUT2D eigenvalue weighted by molar-refractivity contribution is -0.154. The summed E-state index contributed by atoms with van der Waals surface area (Å²) < 4.78 is 15.2. The van der Waals surface area contributed by atoms with Gasteiger partial charge in [-0.1, -0.05) is 24.3 Å². The van der Waals surface area contributed by atoms with Crippen LogP contribution in [0.5, 0.6) is 0 Å². The number of hydrogen-bond acceptors (Lipinski definition) is 3. The van der Waals surface area contributed by atoms with Crippen molar-refractivity contribution in [2.75, 3.05) is 19.6 Å². The number of urea groups is 1. The van der Waals surface area contributed by atoms with Crippen molar-refractivity contribution < 1.29 is 14.3 Å². The van der Waals surface area contributed by atoms with Crippen molar-refractivity contribution in [3.8, 4) is 11.3 Å². The van der Waals surface area contributed by atoms with Gasteiger partial charge in [0.1, 0.15) is 6.17 Å². The highest BCUT2D eigenvalue weighted by Gasteiger charge is 2.58. The molecule has 1 unspecified atom stereocenters. The molecule has 0 radical (unpaired) electrons. The lowest BCUT2D eigenvalue weighted by atomic mass is 9.53. The molecule has 1 aromatic carbocycles. The van der Waals surface area contributed by atoms with Gasteiger partial charge < -0.3 is 19.9 Å². The molecule has 0 bridgehead atoms. The number of aliphatic hydroxyl groups is 1. The summed E-state index contributed by atoms with van der Waals surface area (Å²) in [7, 11) is 0. The number of benzene rings is 1. The maximum atomic E-state index is 13.0. The van der Waals surface area contributed by atoms with Crippen molar-refractivity contribution in [2.24, 2.45) is 11.3 Å². The number of piperidine rings is 1. The van der Waals surface area contributed by atoms with Gasteiger partial charge in [0, 0.05) is 30.0 Å². The number of nitrogens with zero attached hydrogens (tertiary/aromatic N) is 3. The van der Waals surface area contributed by atoms with E-state index in [4.69, 9.17) is 0 Å². The summed E-state index contributed by atoms with van der Waals surface area (Å²) >= 11 is 0. The number of carbonyl (C=O) groups excluding carboxylic acids is 1. The van der Waals surface area contributed by atoms with Crippen LogP contribution in [0.25, 0.3) is 11.3 Å². The third kappa shape index (κ3) is 2.86. The molecule has 29 heavy (non-hydrogen) atoms. The molecule has 2 amide bonds. The molecule has 6 nitrogen and oxygen atoms in total. The number of carbonyl (C=O) groups is 1. The predicted molar refractivity (Wildman–Crippen MR) is 107 cm³/mol. The highest BCUT2D eigenvalue weighted by molar-refractivity contribution is 5.74. The highest BCUT2D eigenvalue weighted by atomic mass is 19.1. The first kappa shape index (κ1) is 18.6. The Hall–Kier alpha value is -2.41. The van der Waals surface area contributed by atoms with Crippen LogP contribution in [0.4, 0.5) is 9.18 Å². The molecule has 3 heterocycles. The van der Waals surface area contributed by atoms with Gasteiger partial charge >= 0.3 is 6.03 Å². The maximum Gasteiger partial charge on any atom is 0.317 e. The second-order valence-corrected chi connectivity index (χ2v) is 8.85. The lowest BCUT2D eigenvalue weighted by Gasteiger charge is -2.57. The van der Waals surface area contributed by atoms with Crippen molar-refractivity contribution in [1.82, 2.24) is 19.8 Å². The fourth-order valence-corrected chi connectivity index (χ4v) is 5.58. The molecule has 7 heteroatoms. The molecule has 1 aromatic heterocycles. The van der Waals surface area contributed by atoms with Crippen LogP contribution in [0.2, 0.25) is 0 Å². The standard InChI is InChI=1S/C22H27FN4O2/c1-14(23)11-25-21(29)26-8-6-22(7-9-26)10-17(20(22)28)19-16-5-3-2-4-15(16)18-12-24-13-27(18)19/h2-5,12-14,17,19-20,28H,6-11H2,1H3,(H,25,29)/t14?,17-,19+,20+/m0/s1. The molecule has 2 aromatic rings. The molecule has 154 valence electrons. The minimum Gasteiger partial charge on any atom is -0.392 e. The molecule has 3 aliphatic rings. The van der Waals surface area contributed by atoms with Gasteiger partial charge in [0.15, 0.2) is 0 Å². The number of halogens is 1. The van der Waals surface area contributed by atoms with Crippen molar-refractivity contribution in [1.29, 1.82) is 0 Å². The number of aromatic nitrogens is 2. The smallest absolute Gasteiger partial charge is 0.317 e. The van der Waals surface area contributed by atoms with E-state index < -0.39 is 12.3 Å². The van der Waals surface area contributed by atoms with Crippen LogP contribution in [-0.2, 0) is 0 Å². The predicted octanol–water partition coefficient (Wildman–Crippen LogP) is 2.98. The second-order valence-electron chi connectivity index (χ2n) is 8.85. The van der Waals surface area contributed by atoms with E-state index in [9.17, 15) is 14.3 Å². The first-order valence-electron chi connectivity index (χ1n) is 10.5. The van der Waals surface area contributed by atoms with E-state index in [1.807, 2.05) is 18.6 Å². The Bertz CT molecular complexity index is 919. The third-order valence-electron chi connectivity index (χ3n) is 7.18. The number of rotatable bonds is 3. The Morgan fingerprint density at radius 2 is 2.14 bits per heavy atom. The zero-order valence-electron chi connectivity index (χ0n) is 16.6. The molecule has 1 aliphatic carbocycles. The van der Waals surface area contributed by atoms with Crippen molar-refractivity contribution in [3.63, 3.8) is 0 Å². The first-order valence-corrected chi connectivity index (χ1v) is 10.5. The topological polar surface area (TPSA) is 70.4 Å². The Balaban J connectivity index is 1.27. The average Bonchev–Trinajstić information content (AvgIpc) is 3.32. The zero-order valence-corrected chi connectivity index (χ0v) is 16.6. The van der Waals surface area contributed by atoms with E-state index >= 15 is 0 Å². The summed E-state index contributed by atoms with van der Waals surface area (Å²) in [6.07, 6.45) is 4.84. The summed E-state index contributed by atoms with van der Waals surface area (Å²) in [4.78, 5) is 18.3. The van der Waals surface area contributed by atoms with Gasteiger partial charge in [-0.25, -0.2) is 14.2 Å². The van der Waals surface area contributed by atoms with Crippen LogP contribution in [0.15, 0.2) is 36.8 Å². The van der Waals surface area contributed by atoms with Gasteiger partial charge in [-0.2, -0.15) is 0 Å². The van der Waals surface area contributed by atoms with E-state index in [2.05, 4.69) is 33.1 Å². The molecular weight excluding hydrogens is 371 g/mol. The summed E-state index contributed by atoms with van der Waals surface area (Å²) in [6, 6.07) is 8.30. The fourth-order valence-electron chi connectivity index (χ4n) is 5.58. The molecule has 2 N–H and O–H groups in total. The largest absolute Gasteiger partial charge is 0.392 e. The summed E-state index contributed by atoms with van der Waals surface area (Å²) in [5.41, 5.74) is 3.47. The number of alkyl halides is 1. The minimum atomic E-state index is -1.05. The van der Waals surface area contributed by atoms with Gasteiger partial charge in [-0.05, 0) is 31.7 Å². The molecule has 1 saturated carbocycles. The first-order chi connectivity index (χ1) is 14.0. The number of likely N-dealkylation sites (tertiary alicyclic amines) is 1. The molecule has 5 rings (SSSR count).